The molecular weight excluding hydrogens is 213 g/mol. The molecule has 0 radical (unpaired) electrons. The van der Waals surface area contributed by atoms with E-state index in [0.717, 1.165) is 0 Å². The van der Waals surface area contributed by atoms with Crippen LogP contribution in [0.4, 0.5) is 13.2 Å². The number of carboxylic acids is 1. The quantitative estimate of drug-likeness (QED) is 0.625. The maximum absolute atomic E-state index is 13.0. The molecule has 1 aromatic carbocycles. The van der Waals surface area contributed by atoms with Crippen molar-refractivity contribution in [3.8, 4) is 5.75 Å². The van der Waals surface area contributed by atoms with Crippen LogP contribution in [-0.2, 0) is 0 Å². The van der Waals surface area contributed by atoms with E-state index in [4.69, 9.17) is 5.11 Å². The second-order valence-electron chi connectivity index (χ2n) is 2.45. The molecule has 0 spiro atoms. The van der Waals surface area contributed by atoms with E-state index in [-0.39, 0.29) is 0 Å². The number of ether oxygens (including phenoxy) is 1. The summed E-state index contributed by atoms with van der Waals surface area (Å²) in [5.74, 6) is -7.48. The van der Waals surface area contributed by atoms with Gasteiger partial charge in [0, 0.05) is 0 Å². The Balaban J connectivity index is 3.43. The first-order valence-electron chi connectivity index (χ1n) is 3.67. The van der Waals surface area contributed by atoms with E-state index in [1.165, 1.54) is 0 Å². The van der Waals surface area contributed by atoms with Crippen LogP contribution in [0.1, 0.15) is 10.4 Å². The average molecular weight is 218 g/mol. The van der Waals surface area contributed by atoms with Crippen LogP contribution in [0.5, 0.6) is 5.75 Å². The molecule has 1 rings (SSSR count). The zero-order chi connectivity index (χ0) is 11.6. The van der Waals surface area contributed by atoms with E-state index >= 15 is 0 Å². The lowest BCUT2D eigenvalue weighted by Gasteiger charge is -2.06. The van der Waals surface area contributed by atoms with Crippen molar-refractivity contribution in [2.75, 3.05) is 0 Å². The predicted molar refractivity (Wildman–Crippen MR) is 44.1 cm³/mol. The minimum Gasteiger partial charge on any atom is -0.478 e. The van der Waals surface area contributed by atoms with Crippen LogP contribution in [0.2, 0.25) is 0 Å². The maximum Gasteiger partial charge on any atom is 0.338 e. The standard InChI is InChI=1S/C9H5F3O3/c1-2-15-8-5(10)3-4(9(13)14)6(11)7(8)12/h2-3H,1H2,(H,13,14). The van der Waals surface area contributed by atoms with Crippen LogP contribution in [-0.4, -0.2) is 11.1 Å². The fourth-order valence-electron chi connectivity index (χ4n) is 0.925. The van der Waals surface area contributed by atoms with Crippen molar-refractivity contribution in [2.24, 2.45) is 0 Å². The molecule has 0 saturated heterocycles. The Hall–Kier alpha value is -1.98. The largest absolute Gasteiger partial charge is 0.478 e. The molecule has 1 N–H and O–H groups in total. The van der Waals surface area contributed by atoms with Crippen LogP contribution in [0.3, 0.4) is 0 Å². The predicted octanol–water partition coefficient (Wildman–Crippen LogP) is 2.32. The van der Waals surface area contributed by atoms with Gasteiger partial charge in [0.25, 0.3) is 0 Å². The molecule has 1 aromatic rings. The summed E-state index contributed by atoms with van der Waals surface area (Å²) in [6.07, 6.45) is 0.696. The van der Waals surface area contributed by atoms with Crippen molar-refractivity contribution in [1.29, 1.82) is 0 Å². The SMILES string of the molecule is C=COc1c(F)cc(C(=O)O)c(F)c1F. The van der Waals surface area contributed by atoms with E-state index in [1.807, 2.05) is 0 Å². The summed E-state index contributed by atoms with van der Waals surface area (Å²) < 4.78 is 43.3. The molecule has 0 aliphatic rings. The number of carbonyl (C=O) groups is 1. The molecule has 0 bridgehead atoms. The Labute approximate surface area is 82.4 Å². The van der Waals surface area contributed by atoms with Gasteiger partial charge in [-0.15, -0.1) is 0 Å². The van der Waals surface area contributed by atoms with Gasteiger partial charge in [0.1, 0.15) is 5.56 Å². The first kappa shape index (κ1) is 11.1. The first-order chi connectivity index (χ1) is 6.99. The molecule has 0 amide bonds. The second kappa shape index (κ2) is 4.04. The molecule has 0 aliphatic carbocycles. The van der Waals surface area contributed by atoms with Gasteiger partial charge in [0.2, 0.25) is 11.6 Å². The van der Waals surface area contributed by atoms with Crippen molar-refractivity contribution in [3.05, 3.63) is 41.9 Å². The van der Waals surface area contributed by atoms with Crippen molar-refractivity contribution in [1.82, 2.24) is 0 Å². The summed E-state index contributed by atoms with van der Waals surface area (Å²) in [6, 6.07) is 0.333. The maximum atomic E-state index is 13.0. The van der Waals surface area contributed by atoms with E-state index in [9.17, 15) is 18.0 Å². The number of carboxylic acid groups (broad SMARTS) is 1. The molecule has 0 heterocycles. The third-order valence-corrected chi connectivity index (χ3v) is 1.55. The summed E-state index contributed by atoms with van der Waals surface area (Å²) in [4.78, 5) is 10.4. The van der Waals surface area contributed by atoms with Gasteiger partial charge in [-0.25, -0.2) is 13.6 Å². The number of benzene rings is 1. The third kappa shape index (κ3) is 1.93. The van der Waals surface area contributed by atoms with Gasteiger partial charge in [-0.05, 0) is 6.07 Å². The van der Waals surface area contributed by atoms with Gasteiger partial charge in [0.15, 0.2) is 11.6 Å². The van der Waals surface area contributed by atoms with Gasteiger partial charge < -0.3 is 9.84 Å². The van der Waals surface area contributed by atoms with Crippen LogP contribution in [0.15, 0.2) is 18.9 Å². The van der Waals surface area contributed by atoms with Crippen LogP contribution in [0, 0.1) is 17.5 Å². The van der Waals surface area contributed by atoms with Crippen molar-refractivity contribution >= 4 is 5.97 Å². The minimum absolute atomic E-state index is 0.333. The minimum atomic E-state index is -1.77. The van der Waals surface area contributed by atoms with Gasteiger partial charge in [-0.1, -0.05) is 6.58 Å². The van der Waals surface area contributed by atoms with Crippen molar-refractivity contribution in [2.45, 2.75) is 0 Å². The molecule has 0 unspecified atom stereocenters. The lowest BCUT2D eigenvalue weighted by Crippen LogP contribution is -2.06. The Morgan fingerprint density at radius 1 is 1.40 bits per heavy atom. The van der Waals surface area contributed by atoms with Gasteiger partial charge >= 0.3 is 5.97 Å². The van der Waals surface area contributed by atoms with E-state index in [0.29, 0.717) is 12.3 Å². The molecule has 6 heteroatoms. The van der Waals surface area contributed by atoms with Gasteiger partial charge in [-0.3, -0.25) is 0 Å². The number of halogens is 3. The molecule has 0 aromatic heterocycles. The molecule has 0 aliphatic heterocycles. The highest BCUT2D eigenvalue weighted by atomic mass is 19.2. The number of hydrogen-bond acceptors (Lipinski definition) is 2. The summed E-state index contributed by atoms with van der Waals surface area (Å²) in [7, 11) is 0. The highest BCUT2D eigenvalue weighted by Gasteiger charge is 2.23. The Kier molecular flexibility index (Phi) is 2.99. The normalized spacial score (nSPS) is 9.80. The van der Waals surface area contributed by atoms with Gasteiger partial charge in [0.05, 0.1) is 6.26 Å². The topological polar surface area (TPSA) is 46.5 Å². The molecule has 80 valence electrons. The Bertz CT molecular complexity index is 429. The molecule has 3 nitrogen and oxygen atoms in total. The molecule has 0 saturated carbocycles. The third-order valence-electron chi connectivity index (χ3n) is 1.55. The average Bonchev–Trinajstić information content (AvgIpc) is 2.18. The monoisotopic (exact) mass is 218 g/mol. The number of rotatable bonds is 3. The van der Waals surface area contributed by atoms with Crippen molar-refractivity contribution in [3.63, 3.8) is 0 Å². The van der Waals surface area contributed by atoms with Crippen LogP contribution >= 0.6 is 0 Å². The summed E-state index contributed by atoms with van der Waals surface area (Å²) in [5, 5.41) is 8.40. The lowest BCUT2D eigenvalue weighted by atomic mass is 10.2. The zero-order valence-corrected chi connectivity index (χ0v) is 7.26. The molecule has 0 atom stereocenters. The Morgan fingerprint density at radius 2 is 2.00 bits per heavy atom. The number of hydrogen-bond donors (Lipinski definition) is 1. The van der Waals surface area contributed by atoms with E-state index < -0.39 is 34.7 Å². The van der Waals surface area contributed by atoms with Crippen LogP contribution in [0.25, 0.3) is 0 Å². The second-order valence-corrected chi connectivity index (χ2v) is 2.45. The van der Waals surface area contributed by atoms with E-state index in [2.05, 4.69) is 11.3 Å². The highest BCUT2D eigenvalue weighted by Crippen LogP contribution is 2.26. The Morgan fingerprint density at radius 3 is 2.47 bits per heavy atom. The first-order valence-corrected chi connectivity index (χ1v) is 3.67. The summed E-state index contributed by atoms with van der Waals surface area (Å²) in [6.45, 7) is 3.03. The number of aromatic carboxylic acids is 1. The summed E-state index contributed by atoms with van der Waals surface area (Å²) >= 11 is 0. The van der Waals surface area contributed by atoms with Gasteiger partial charge in [-0.2, -0.15) is 4.39 Å². The van der Waals surface area contributed by atoms with E-state index in [1.54, 1.807) is 0 Å². The lowest BCUT2D eigenvalue weighted by molar-refractivity contribution is 0.0689. The molecular formula is C9H5F3O3. The van der Waals surface area contributed by atoms with Crippen LogP contribution < -0.4 is 4.74 Å². The highest BCUT2D eigenvalue weighted by molar-refractivity contribution is 5.88. The fraction of sp³-hybridized carbons (Fsp3) is 0. The molecule has 15 heavy (non-hydrogen) atoms. The van der Waals surface area contributed by atoms with Crippen molar-refractivity contribution < 1.29 is 27.8 Å². The molecule has 0 fully saturated rings. The smallest absolute Gasteiger partial charge is 0.338 e. The fourth-order valence-corrected chi connectivity index (χ4v) is 0.925. The summed E-state index contributed by atoms with van der Waals surface area (Å²) in [5.41, 5.74) is -1.10. The zero-order valence-electron chi connectivity index (χ0n) is 7.26.